The smallest absolute Gasteiger partial charge is 0.248 e. The third-order valence-electron chi connectivity index (χ3n) is 4.97. The van der Waals surface area contributed by atoms with E-state index in [1.165, 1.54) is 0 Å². The van der Waals surface area contributed by atoms with Gasteiger partial charge in [0.25, 0.3) is 0 Å². The Bertz CT molecular complexity index is 1250. The first-order valence-corrected chi connectivity index (χ1v) is 9.54. The minimum atomic E-state index is -0.290. The molecule has 0 saturated heterocycles. The number of aliphatic hydroxyl groups is 1. The number of nitrogens with zero attached hydrogens (tertiary/aromatic N) is 5. The summed E-state index contributed by atoms with van der Waals surface area (Å²) in [4.78, 5) is 4.31. The molecule has 2 aromatic carbocycles. The number of nitriles is 1. The second-order valence-corrected chi connectivity index (χ2v) is 8.02. The van der Waals surface area contributed by atoms with E-state index >= 15 is 0 Å². The van der Waals surface area contributed by atoms with Crippen LogP contribution in [0.2, 0.25) is 0 Å². The van der Waals surface area contributed by atoms with E-state index in [0.717, 1.165) is 16.6 Å². The van der Waals surface area contributed by atoms with Crippen LogP contribution in [-0.2, 0) is 7.05 Å². The number of benzene rings is 2. The number of anilines is 1. The maximum Gasteiger partial charge on any atom is 0.248 e. The lowest BCUT2D eigenvalue weighted by molar-refractivity contribution is 0.171. The highest BCUT2D eigenvalue weighted by Gasteiger charge is 2.18. The highest BCUT2D eigenvalue weighted by atomic mass is 16.4. The van der Waals surface area contributed by atoms with Gasteiger partial charge >= 0.3 is 0 Å². The third kappa shape index (κ3) is 3.75. The molecule has 152 valence electrons. The summed E-state index contributed by atoms with van der Waals surface area (Å²) in [6, 6.07) is 13.3. The van der Waals surface area contributed by atoms with Gasteiger partial charge in [0.1, 0.15) is 6.07 Å². The molecule has 0 bridgehead atoms. The zero-order valence-corrected chi connectivity index (χ0v) is 17.0. The van der Waals surface area contributed by atoms with E-state index < -0.39 is 0 Å². The minimum absolute atomic E-state index is 0.0509. The van der Waals surface area contributed by atoms with Crippen molar-refractivity contribution in [3.8, 4) is 29.0 Å². The fourth-order valence-electron chi connectivity index (χ4n) is 3.03. The summed E-state index contributed by atoms with van der Waals surface area (Å²) < 4.78 is 7.81. The Morgan fingerprint density at radius 2 is 1.83 bits per heavy atom. The Morgan fingerprint density at radius 1 is 1.13 bits per heavy atom. The van der Waals surface area contributed by atoms with Crippen LogP contribution in [0, 0.1) is 16.7 Å². The van der Waals surface area contributed by atoms with Gasteiger partial charge in [-0.2, -0.15) is 5.26 Å². The van der Waals surface area contributed by atoms with E-state index in [0.29, 0.717) is 35.1 Å². The second-order valence-electron chi connectivity index (χ2n) is 8.02. The lowest BCUT2D eigenvalue weighted by Crippen LogP contribution is -2.27. The van der Waals surface area contributed by atoms with Gasteiger partial charge in [-0.05, 0) is 36.4 Å². The number of aliphatic hydroxyl groups excluding tert-OH is 1. The molecule has 0 saturated carbocycles. The van der Waals surface area contributed by atoms with E-state index in [4.69, 9.17) is 4.42 Å². The monoisotopic (exact) mass is 402 g/mol. The van der Waals surface area contributed by atoms with Crippen LogP contribution >= 0.6 is 0 Å². The molecule has 0 fully saturated rings. The molecule has 0 radical (unpaired) electrons. The summed E-state index contributed by atoms with van der Waals surface area (Å²) in [7, 11) is 1.93. The number of imidazole rings is 1. The summed E-state index contributed by atoms with van der Waals surface area (Å²) in [6.07, 6.45) is 1.76. The van der Waals surface area contributed by atoms with Gasteiger partial charge in [0.05, 0.1) is 28.6 Å². The molecule has 4 rings (SSSR count). The molecule has 0 aliphatic heterocycles. The summed E-state index contributed by atoms with van der Waals surface area (Å²) in [5, 5.41) is 30.5. The quantitative estimate of drug-likeness (QED) is 0.507. The summed E-state index contributed by atoms with van der Waals surface area (Å²) >= 11 is 0. The third-order valence-corrected chi connectivity index (χ3v) is 4.97. The maximum atomic E-state index is 9.55. The van der Waals surface area contributed by atoms with Crippen molar-refractivity contribution < 1.29 is 9.52 Å². The Labute approximate surface area is 173 Å². The van der Waals surface area contributed by atoms with Crippen molar-refractivity contribution in [3.05, 3.63) is 48.3 Å². The average Bonchev–Trinajstić information content (AvgIpc) is 3.39. The van der Waals surface area contributed by atoms with Crippen LogP contribution in [0.15, 0.2) is 47.1 Å². The predicted octanol–water partition coefficient (Wildman–Crippen LogP) is 3.59. The Hall–Kier alpha value is -3.70. The minimum Gasteiger partial charge on any atom is -0.416 e. The fourth-order valence-corrected chi connectivity index (χ4v) is 3.03. The second kappa shape index (κ2) is 7.61. The zero-order valence-electron chi connectivity index (χ0n) is 17.0. The molecule has 8 nitrogen and oxygen atoms in total. The van der Waals surface area contributed by atoms with Crippen LogP contribution in [0.4, 0.5) is 5.69 Å². The first-order valence-electron chi connectivity index (χ1n) is 9.54. The molecule has 0 aliphatic rings. The van der Waals surface area contributed by atoms with Gasteiger partial charge in [-0.25, -0.2) is 4.98 Å². The Balaban J connectivity index is 1.61. The Kier molecular flexibility index (Phi) is 4.98. The molecule has 2 aromatic heterocycles. The molecule has 0 amide bonds. The number of rotatable bonds is 6. The average molecular weight is 402 g/mol. The highest BCUT2D eigenvalue weighted by molar-refractivity contribution is 5.80. The maximum absolute atomic E-state index is 9.55. The van der Waals surface area contributed by atoms with Crippen LogP contribution in [-0.4, -0.2) is 38.0 Å². The molecule has 0 atom stereocenters. The largest absolute Gasteiger partial charge is 0.416 e. The number of aromatic nitrogens is 4. The molecule has 2 N–H and O–H groups in total. The molecule has 4 aromatic rings. The van der Waals surface area contributed by atoms with Crippen molar-refractivity contribution in [2.75, 3.05) is 18.5 Å². The number of nitrogens with one attached hydrogen (secondary N) is 1. The van der Waals surface area contributed by atoms with Crippen LogP contribution in [0.1, 0.15) is 19.4 Å². The summed E-state index contributed by atoms with van der Waals surface area (Å²) in [5.41, 5.74) is 4.21. The van der Waals surface area contributed by atoms with Gasteiger partial charge in [-0.15, -0.1) is 10.2 Å². The van der Waals surface area contributed by atoms with Crippen molar-refractivity contribution in [1.29, 1.82) is 5.26 Å². The van der Waals surface area contributed by atoms with Crippen molar-refractivity contribution >= 4 is 16.7 Å². The topological polar surface area (TPSA) is 113 Å². The molecule has 30 heavy (non-hydrogen) atoms. The molecule has 0 aliphatic carbocycles. The van der Waals surface area contributed by atoms with E-state index in [-0.39, 0.29) is 12.0 Å². The first-order chi connectivity index (χ1) is 14.4. The first kappa shape index (κ1) is 19.6. The van der Waals surface area contributed by atoms with Crippen molar-refractivity contribution in [2.45, 2.75) is 13.8 Å². The van der Waals surface area contributed by atoms with Gasteiger partial charge in [0.2, 0.25) is 11.8 Å². The van der Waals surface area contributed by atoms with Gasteiger partial charge in [-0.3, -0.25) is 0 Å². The summed E-state index contributed by atoms with van der Waals surface area (Å²) in [5.74, 6) is 0.743. The van der Waals surface area contributed by atoms with E-state index in [1.54, 1.807) is 12.4 Å². The van der Waals surface area contributed by atoms with Gasteiger partial charge < -0.3 is 19.4 Å². The highest BCUT2D eigenvalue weighted by Crippen LogP contribution is 2.29. The normalized spacial score (nSPS) is 11.6. The van der Waals surface area contributed by atoms with Crippen LogP contribution in [0.5, 0.6) is 0 Å². The Morgan fingerprint density at radius 3 is 2.53 bits per heavy atom. The number of aryl methyl sites for hydroxylation is 1. The molecule has 2 heterocycles. The number of hydrogen-bond donors (Lipinski definition) is 2. The lowest BCUT2D eigenvalue weighted by Gasteiger charge is -2.23. The van der Waals surface area contributed by atoms with E-state index in [9.17, 15) is 10.4 Å². The van der Waals surface area contributed by atoms with Crippen molar-refractivity contribution in [1.82, 2.24) is 19.7 Å². The van der Waals surface area contributed by atoms with E-state index in [2.05, 4.69) is 26.6 Å². The SMILES string of the molecule is Cn1cnc2ccc(-c3nnc(-c4ccc(NCC(C)(C)CO)c(C#N)c4)o3)cc21. The van der Waals surface area contributed by atoms with Crippen LogP contribution < -0.4 is 5.32 Å². The van der Waals surface area contributed by atoms with Crippen LogP contribution in [0.3, 0.4) is 0 Å². The predicted molar refractivity (Wildman–Crippen MR) is 114 cm³/mol. The molecular formula is C22H22N6O2. The molecule has 0 spiro atoms. The van der Waals surface area contributed by atoms with Gasteiger partial charge in [0, 0.05) is 36.7 Å². The van der Waals surface area contributed by atoms with Gasteiger partial charge in [0.15, 0.2) is 0 Å². The van der Waals surface area contributed by atoms with Crippen molar-refractivity contribution in [3.63, 3.8) is 0 Å². The lowest BCUT2D eigenvalue weighted by atomic mass is 9.94. The van der Waals surface area contributed by atoms with Crippen LogP contribution in [0.25, 0.3) is 33.9 Å². The molecule has 0 unspecified atom stereocenters. The standard InChI is InChI=1S/C22H22N6O2/c1-22(2,12-29)11-24-17-6-4-14(8-16(17)10-23)20-26-27-21(30-20)15-5-7-18-19(9-15)28(3)13-25-18/h4-9,13,24,29H,11-12H2,1-3H3. The van der Waals surface area contributed by atoms with E-state index in [1.807, 2.05) is 55.8 Å². The summed E-state index contributed by atoms with van der Waals surface area (Å²) in [6.45, 7) is 4.49. The number of hydrogen-bond acceptors (Lipinski definition) is 7. The fraction of sp³-hybridized carbons (Fsp3) is 0.273. The van der Waals surface area contributed by atoms with Crippen molar-refractivity contribution in [2.24, 2.45) is 12.5 Å². The van der Waals surface area contributed by atoms with Gasteiger partial charge in [-0.1, -0.05) is 13.8 Å². The molecule has 8 heteroatoms. The zero-order chi connectivity index (χ0) is 21.3. The molecular weight excluding hydrogens is 380 g/mol. The number of fused-ring (bicyclic) bond motifs is 1.